The molecule has 0 unspecified atom stereocenters. The van der Waals surface area contributed by atoms with Crippen LogP contribution in [0.3, 0.4) is 0 Å². The molecule has 2 heterocycles. The van der Waals surface area contributed by atoms with Crippen LogP contribution in [0.4, 0.5) is 0 Å². The van der Waals surface area contributed by atoms with E-state index in [4.69, 9.17) is 4.74 Å². The van der Waals surface area contributed by atoms with Crippen LogP contribution in [-0.2, 0) is 7.05 Å². The lowest BCUT2D eigenvalue weighted by Crippen LogP contribution is -1.90. The summed E-state index contributed by atoms with van der Waals surface area (Å²) in [6.07, 6.45) is 4.87. The third kappa shape index (κ3) is 1.90. The van der Waals surface area contributed by atoms with E-state index in [2.05, 4.69) is 31.0 Å². The summed E-state index contributed by atoms with van der Waals surface area (Å²) in [6.45, 7) is 0. The van der Waals surface area contributed by atoms with E-state index in [0.717, 1.165) is 4.47 Å². The summed E-state index contributed by atoms with van der Waals surface area (Å²) in [4.78, 5) is 7.86. The van der Waals surface area contributed by atoms with Gasteiger partial charge < -0.3 is 4.74 Å². The van der Waals surface area contributed by atoms with Crippen LogP contribution in [-0.4, -0.2) is 19.7 Å². The largest absolute Gasteiger partial charge is 0.422 e. The lowest BCUT2D eigenvalue weighted by Gasteiger charge is -2.01. The summed E-state index contributed by atoms with van der Waals surface area (Å²) in [5.74, 6) is 0.645. The van der Waals surface area contributed by atoms with Crippen molar-refractivity contribution >= 4 is 15.9 Å². The first-order chi connectivity index (χ1) is 6.75. The number of hydrogen-bond acceptors (Lipinski definition) is 4. The molecule has 0 saturated heterocycles. The van der Waals surface area contributed by atoms with Gasteiger partial charge in [-0.25, -0.2) is 0 Å². The first kappa shape index (κ1) is 9.14. The van der Waals surface area contributed by atoms with Crippen molar-refractivity contribution in [3.63, 3.8) is 0 Å². The summed E-state index contributed by atoms with van der Waals surface area (Å²) in [6, 6.07) is 2.06. The lowest BCUT2D eigenvalue weighted by atomic mass is 10.5. The van der Waals surface area contributed by atoms with Crippen LogP contribution in [0.1, 0.15) is 0 Å². The fourth-order valence-corrected chi connectivity index (χ4v) is 1.24. The van der Waals surface area contributed by atoms with Gasteiger partial charge in [-0.2, -0.15) is 4.98 Å². The third-order valence-electron chi connectivity index (χ3n) is 1.52. The number of aromatic nitrogens is 4. The fourth-order valence-electron chi connectivity index (χ4n) is 0.910. The van der Waals surface area contributed by atoms with Crippen molar-refractivity contribution in [1.29, 1.82) is 0 Å². The normalized spacial score (nSPS) is 10.1. The maximum atomic E-state index is 5.40. The van der Waals surface area contributed by atoms with Crippen LogP contribution < -0.4 is 4.74 Å². The zero-order chi connectivity index (χ0) is 9.97. The molecule has 5 nitrogen and oxygen atoms in total. The minimum Gasteiger partial charge on any atom is -0.422 e. The van der Waals surface area contributed by atoms with E-state index < -0.39 is 0 Å². The monoisotopic (exact) mass is 254 g/mol. The number of rotatable bonds is 2. The number of hydrogen-bond donors (Lipinski definition) is 0. The summed E-state index contributed by atoms with van der Waals surface area (Å²) in [5.41, 5.74) is 0. The van der Waals surface area contributed by atoms with Gasteiger partial charge in [0.15, 0.2) is 0 Å². The Morgan fingerprint density at radius 1 is 1.50 bits per heavy atom. The fraction of sp³-hybridized carbons (Fsp3) is 0.125. The zero-order valence-electron chi connectivity index (χ0n) is 7.38. The Labute approximate surface area is 88.9 Å². The lowest BCUT2D eigenvalue weighted by molar-refractivity contribution is 0.436. The van der Waals surface area contributed by atoms with Gasteiger partial charge in [-0.05, 0) is 15.9 Å². The second-order valence-corrected chi connectivity index (χ2v) is 3.46. The quantitative estimate of drug-likeness (QED) is 0.820. The van der Waals surface area contributed by atoms with E-state index in [1.54, 1.807) is 36.5 Å². The van der Waals surface area contributed by atoms with Crippen molar-refractivity contribution in [1.82, 2.24) is 19.7 Å². The molecule has 2 aromatic heterocycles. The standard InChI is InChI=1S/C8H7BrN4O/c1-13-5-11-8(12-13)14-7-2-3-10-4-6(7)9/h2-5H,1H3. The van der Waals surface area contributed by atoms with Gasteiger partial charge in [0.25, 0.3) is 0 Å². The highest BCUT2D eigenvalue weighted by molar-refractivity contribution is 9.10. The van der Waals surface area contributed by atoms with E-state index in [9.17, 15) is 0 Å². The first-order valence-corrected chi connectivity index (χ1v) is 4.68. The predicted octanol–water partition coefficient (Wildman–Crippen LogP) is 1.76. The first-order valence-electron chi connectivity index (χ1n) is 3.89. The Morgan fingerprint density at radius 3 is 3.00 bits per heavy atom. The number of halogens is 1. The van der Waals surface area contributed by atoms with Crippen molar-refractivity contribution in [2.45, 2.75) is 0 Å². The smallest absolute Gasteiger partial charge is 0.341 e. The van der Waals surface area contributed by atoms with Crippen molar-refractivity contribution < 1.29 is 4.74 Å². The Balaban J connectivity index is 2.23. The molecule has 2 rings (SSSR count). The SMILES string of the molecule is Cn1cnc(Oc2ccncc2Br)n1. The minimum absolute atomic E-state index is 0.319. The molecule has 14 heavy (non-hydrogen) atoms. The van der Waals surface area contributed by atoms with Gasteiger partial charge in [0.05, 0.1) is 4.47 Å². The van der Waals surface area contributed by atoms with E-state index in [0.29, 0.717) is 11.8 Å². The summed E-state index contributed by atoms with van der Waals surface area (Å²) < 4.78 is 7.74. The maximum Gasteiger partial charge on any atom is 0.341 e. The van der Waals surface area contributed by atoms with E-state index >= 15 is 0 Å². The van der Waals surface area contributed by atoms with Crippen molar-refractivity contribution in [3.05, 3.63) is 29.3 Å². The predicted molar refractivity (Wildman–Crippen MR) is 53.0 cm³/mol. The van der Waals surface area contributed by atoms with Crippen LogP contribution in [0.15, 0.2) is 29.3 Å². The molecule has 0 aliphatic heterocycles. The molecule has 6 heteroatoms. The average molecular weight is 255 g/mol. The molecule has 0 bridgehead atoms. The Hall–Kier alpha value is -1.43. The molecule has 0 aromatic carbocycles. The van der Waals surface area contributed by atoms with Gasteiger partial charge >= 0.3 is 6.01 Å². The second-order valence-electron chi connectivity index (χ2n) is 2.61. The van der Waals surface area contributed by atoms with Crippen molar-refractivity contribution in [2.24, 2.45) is 7.05 Å². The number of aryl methyl sites for hydroxylation is 1. The van der Waals surface area contributed by atoms with Gasteiger partial charge in [-0.15, -0.1) is 5.10 Å². The molecule has 0 amide bonds. The molecule has 0 aliphatic carbocycles. The highest BCUT2D eigenvalue weighted by Gasteiger charge is 2.04. The highest BCUT2D eigenvalue weighted by atomic mass is 79.9. The molecule has 0 saturated carbocycles. The molecule has 0 aliphatic rings. The molecule has 0 N–H and O–H groups in total. The Bertz CT molecular complexity index is 442. The van der Waals surface area contributed by atoms with Crippen LogP contribution in [0.2, 0.25) is 0 Å². The topological polar surface area (TPSA) is 52.8 Å². The van der Waals surface area contributed by atoms with Crippen molar-refractivity contribution in [2.75, 3.05) is 0 Å². The Morgan fingerprint density at radius 2 is 2.36 bits per heavy atom. The van der Waals surface area contributed by atoms with E-state index in [-0.39, 0.29) is 0 Å². The summed E-state index contributed by atoms with van der Waals surface area (Å²) in [7, 11) is 1.78. The number of nitrogens with zero attached hydrogens (tertiary/aromatic N) is 4. The van der Waals surface area contributed by atoms with Gasteiger partial charge in [0, 0.05) is 25.5 Å². The average Bonchev–Trinajstić information content (AvgIpc) is 2.56. The summed E-state index contributed by atoms with van der Waals surface area (Å²) in [5, 5.41) is 3.99. The van der Waals surface area contributed by atoms with E-state index in [1.807, 2.05) is 0 Å². The molecule has 2 aromatic rings. The van der Waals surface area contributed by atoms with Crippen LogP contribution in [0.25, 0.3) is 0 Å². The molecule has 72 valence electrons. The Kier molecular flexibility index (Phi) is 2.45. The second kappa shape index (κ2) is 3.75. The minimum atomic E-state index is 0.319. The van der Waals surface area contributed by atoms with Crippen molar-refractivity contribution in [3.8, 4) is 11.8 Å². The van der Waals surface area contributed by atoms with Gasteiger partial charge in [0.1, 0.15) is 12.1 Å². The number of pyridine rings is 1. The summed E-state index contributed by atoms with van der Waals surface area (Å²) >= 11 is 3.31. The molecular weight excluding hydrogens is 248 g/mol. The molecule has 0 spiro atoms. The van der Waals surface area contributed by atoms with Crippen LogP contribution in [0, 0.1) is 0 Å². The third-order valence-corrected chi connectivity index (χ3v) is 2.11. The molecular formula is C8H7BrN4O. The van der Waals surface area contributed by atoms with Gasteiger partial charge in [-0.1, -0.05) is 0 Å². The highest BCUT2D eigenvalue weighted by Crippen LogP contribution is 2.25. The number of ether oxygens (including phenoxy) is 1. The van der Waals surface area contributed by atoms with E-state index in [1.165, 1.54) is 0 Å². The van der Waals surface area contributed by atoms with Crippen LogP contribution in [0.5, 0.6) is 11.8 Å². The zero-order valence-corrected chi connectivity index (χ0v) is 8.97. The molecule has 0 fully saturated rings. The molecule has 0 radical (unpaired) electrons. The molecule has 0 atom stereocenters. The van der Waals surface area contributed by atoms with Gasteiger partial charge in [-0.3, -0.25) is 9.67 Å². The van der Waals surface area contributed by atoms with Gasteiger partial charge in [0.2, 0.25) is 0 Å². The van der Waals surface area contributed by atoms with Crippen LogP contribution >= 0.6 is 15.9 Å². The maximum absolute atomic E-state index is 5.40.